The first kappa shape index (κ1) is 18.5. The van der Waals surface area contributed by atoms with Crippen molar-refractivity contribution in [3.8, 4) is 0 Å². The lowest BCUT2D eigenvalue weighted by molar-refractivity contribution is -0.137. The maximum atomic E-state index is 13.4. The predicted octanol–water partition coefficient (Wildman–Crippen LogP) is 2.33. The van der Waals surface area contributed by atoms with Crippen molar-refractivity contribution in [1.29, 1.82) is 0 Å². The molecule has 5 nitrogen and oxygen atoms in total. The normalized spacial score (nSPS) is 32.3. The van der Waals surface area contributed by atoms with E-state index in [2.05, 4.69) is 47.2 Å². The first-order chi connectivity index (χ1) is 13.1. The van der Waals surface area contributed by atoms with Gasteiger partial charge in [-0.15, -0.1) is 0 Å². The average molecular weight is 370 g/mol. The molecule has 4 rings (SSSR count). The van der Waals surface area contributed by atoms with Gasteiger partial charge >= 0.3 is 0 Å². The Labute approximate surface area is 162 Å². The molecule has 5 heteroatoms. The third-order valence-electron chi connectivity index (χ3n) is 6.82. The number of rotatable bonds is 2. The van der Waals surface area contributed by atoms with Crippen LogP contribution >= 0.6 is 0 Å². The Kier molecular flexibility index (Phi) is 5.22. The first-order valence-electron chi connectivity index (χ1n) is 10.4. The van der Waals surface area contributed by atoms with Crippen LogP contribution in [0.1, 0.15) is 43.6 Å². The van der Waals surface area contributed by atoms with Gasteiger partial charge in [0.15, 0.2) is 0 Å². The number of likely N-dealkylation sites (tertiary alicyclic amines) is 3. The molecule has 0 aliphatic carbocycles. The number of benzene rings is 1. The molecule has 1 aromatic rings. The molecule has 0 bridgehead atoms. The van der Waals surface area contributed by atoms with Crippen LogP contribution in [0, 0.1) is 5.92 Å². The predicted molar refractivity (Wildman–Crippen MR) is 105 cm³/mol. The summed E-state index contributed by atoms with van der Waals surface area (Å²) in [6.45, 7) is 2.44. The molecule has 0 radical (unpaired) electrons. The summed E-state index contributed by atoms with van der Waals surface area (Å²) in [5, 5.41) is 0. The molecule has 3 aliphatic rings. The Bertz CT molecular complexity index is 692. The van der Waals surface area contributed by atoms with Crippen molar-refractivity contribution >= 4 is 11.8 Å². The van der Waals surface area contributed by atoms with Crippen molar-refractivity contribution < 1.29 is 9.59 Å². The molecule has 0 saturated carbocycles. The van der Waals surface area contributed by atoms with Crippen molar-refractivity contribution in [3.63, 3.8) is 0 Å². The number of fused-ring (bicyclic) bond motifs is 1. The molecule has 3 fully saturated rings. The van der Waals surface area contributed by atoms with Gasteiger partial charge in [-0.25, -0.2) is 0 Å². The fourth-order valence-electron chi connectivity index (χ4n) is 5.40. The molecule has 1 aromatic carbocycles. The number of hydrogen-bond acceptors (Lipinski definition) is 3. The Morgan fingerprint density at radius 1 is 1.04 bits per heavy atom. The molecular formula is C22H31N3O2. The number of carbonyl (C=O) groups is 2. The lowest BCUT2D eigenvalue weighted by Crippen LogP contribution is -2.49. The summed E-state index contributed by atoms with van der Waals surface area (Å²) in [5.74, 6) is 0.458. The van der Waals surface area contributed by atoms with Gasteiger partial charge < -0.3 is 14.7 Å². The van der Waals surface area contributed by atoms with Crippen LogP contribution in [0.2, 0.25) is 0 Å². The maximum Gasteiger partial charge on any atom is 0.228 e. The average Bonchev–Trinajstić information content (AvgIpc) is 3.20. The number of amides is 2. The van der Waals surface area contributed by atoms with Crippen molar-refractivity contribution in [1.82, 2.24) is 14.7 Å². The van der Waals surface area contributed by atoms with Crippen molar-refractivity contribution in [2.45, 2.75) is 50.1 Å². The summed E-state index contributed by atoms with van der Waals surface area (Å²) >= 11 is 0. The molecule has 3 saturated heterocycles. The largest absolute Gasteiger partial charge is 0.345 e. The third-order valence-corrected chi connectivity index (χ3v) is 6.82. The second kappa shape index (κ2) is 7.63. The highest BCUT2D eigenvalue weighted by molar-refractivity contribution is 5.89. The zero-order chi connectivity index (χ0) is 19.0. The van der Waals surface area contributed by atoms with E-state index in [1.165, 1.54) is 24.8 Å². The Balaban J connectivity index is 1.63. The Morgan fingerprint density at radius 3 is 2.52 bits per heavy atom. The molecule has 3 heterocycles. The van der Waals surface area contributed by atoms with Crippen molar-refractivity contribution in [2.24, 2.45) is 5.92 Å². The van der Waals surface area contributed by atoms with Gasteiger partial charge in [-0.3, -0.25) is 9.59 Å². The van der Waals surface area contributed by atoms with Gasteiger partial charge in [-0.2, -0.15) is 0 Å². The summed E-state index contributed by atoms with van der Waals surface area (Å²) in [5.41, 5.74) is 1.33. The summed E-state index contributed by atoms with van der Waals surface area (Å²) in [7, 11) is 4.03. The molecule has 0 N–H and O–H groups in total. The number of nitrogens with zero attached hydrogens (tertiary/aromatic N) is 3. The Morgan fingerprint density at radius 2 is 1.81 bits per heavy atom. The van der Waals surface area contributed by atoms with Crippen LogP contribution in [-0.4, -0.2) is 72.3 Å². The van der Waals surface area contributed by atoms with Crippen LogP contribution in [0.5, 0.6) is 0 Å². The summed E-state index contributed by atoms with van der Waals surface area (Å²) in [6, 6.07) is 11.3. The summed E-state index contributed by atoms with van der Waals surface area (Å²) in [4.78, 5) is 31.7. The van der Waals surface area contributed by atoms with E-state index < -0.39 is 0 Å². The quantitative estimate of drug-likeness (QED) is 0.804. The van der Waals surface area contributed by atoms with Gasteiger partial charge in [0.1, 0.15) is 0 Å². The number of likely N-dealkylation sites (N-methyl/N-ethyl adjacent to an activating group) is 1. The Hall–Kier alpha value is -1.88. The van der Waals surface area contributed by atoms with Crippen LogP contribution in [0.3, 0.4) is 0 Å². The fourth-order valence-corrected chi connectivity index (χ4v) is 5.40. The first-order valence-corrected chi connectivity index (χ1v) is 10.4. The van der Waals surface area contributed by atoms with Crippen LogP contribution < -0.4 is 0 Å². The van der Waals surface area contributed by atoms with E-state index in [4.69, 9.17) is 0 Å². The minimum absolute atomic E-state index is 0.0958. The van der Waals surface area contributed by atoms with E-state index in [-0.39, 0.29) is 23.8 Å². The van der Waals surface area contributed by atoms with E-state index >= 15 is 0 Å². The molecule has 0 spiro atoms. The van der Waals surface area contributed by atoms with E-state index in [1.54, 1.807) is 11.9 Å². The molecule has 4 atom stereocenters. The molecule has 3 aliphatic heterocycles. The lowest BCUT2D eigenvalue weighted by Gasteiger charge is -2.37. The highest BCUT2D eigenvalue weighted by Gasteiger charge is 2.48. The molecule has 0 aromatic heterocycles. The van der Waals surface area contributed by atoms with E-state index in [1.807, 2.05) is 0 Å². The lowest BCUT2D eigenvalue weighted by atomic mass is 9.87. The summed E-state index contributed by atoms with van der Waals surface area (Å²) < 4.78 is 0. The van der Waals surface area contributed by atoms with E-state index in [9.17, 15) is 9.59 Å². The second-order valence-corrected chi connectivity index (χ2v) is 8.57. The van der Waals surface area contributed by atoms with Gasteiger partial charge in [0.25, 0.3) is 0 Å². The fraction of sp³-hybridized carbons (Fsp3) is 0.636. The van der Waals surface area contributed by atoms with Crippen LogP contribution in [0.4, 0.5) is 0 Å². The van der Waals surface area contributed by atoms with Gasteiger partial charge in [-0.05, 0) is 32.0 Å². The third kappa shape index (κ3) is 3.49. The monoisotopic (exact) mass is 369 g/mol. The number of carbonyl (C=O) groups excluding carboxylic acids is 2. The number of hydrogen-bond donors (Lipinski definition) is 0. The second-order valence-electron chi connectivity index (χ2n) is 8.57. The van der Waals surface area contributed by atoms with E-state index in [0.717, 1.165) is 19.5 Å². The van der Waals surface area contributed by atoms with Crippen LogP contribution in [0.15, 0.2) is 30.3 Å². The zero-order valence-corrected chi connectivity index (χ0v) is 16.5. The molecule has 27 heavy (non-hydrogen) atoms. The zero-order valence-electron chi connectivity index (χ0n) is 16.5. The smallest absolute Gasteiger partial charge is 0.228 e. The van der Waals surface area contributed by atoms with E-state index in [0.29, 0.717) is 24.9 Å². The highest BCUT2D eigenvalue weighted by Crippen LogP contribution is 2.39. The van der Waals surface area contributed by atoms with Crippen molar-refractivity contribution in [2.75, 3.05) is 33.7 Å². The van der Waals surface area contributed by atoms with Crippen LogP contribution in [0.25, 0.3) is 0 Å². The van der Waals surface area contributed by atoms with Gasteiger partial charge in [0, 0.05) is 44.6 Å². The van der Waals surface area contributed by atoms with Gasteiger partial charge in [-0.1, -0.05) is 43.2 Å². The minimum Gasteiger partial charge on any atom is -0.345 e. The van der Waals surface area contributed by atoms with Crippen LogP contribution in [-0.2, 0) is 9.59 Å². The molecule has 146 valence electrons. The molecular weight excluding hydrogens is 338 g/mol. The minimum atomic E-state index is -0.173. The molecule has 2 amide bonds. The van der Waals surface area contributed by atoms with Gasteiger partial charge in [0.2, 0.25) is 11.8 Å². The van der Waals surface area contributed by atoms with Gasteiger partial charge in [0.05, 0.1) is 5.92 Å². The highest BCUT2D eigenvalue weighted by atomic mass is 16.2. The summed E-state index contributed by atoms with van der Waals surface area (Å²) in [6.07, 6.45) is 5.09. The molecule has 0 unspecified atom stereocenters. The topological polar surface area (TPSA) is 43.9 Å². The maximum absolute atomic E-state index is 13.4. The van der Waals surface area contributed by atoms with Crippen molar-refractivity contribution in [3.05, 3.63) is 35.9 Å². The SMILES string of the molecule is CN1C[C@H](C(=O)N2C[C@@H](c3ccccc3)[C@H]3[C@H]2CCCCCN3C)CC1=O. The standard InChI is InChI=1S/C22H31N3O2/c1-23-12-8-4-7-11-19-21(23)18(16-9-5-3-6-10-16)15-25(19)22(27)17-13-20(26)24(2)14-17/h3,5-6,9-10,17-19,21H,4,7-8,11-15H2,1-2H3/t17-,18+,19-,21+/m1/s1.